The molecule has 4 N–H and O–H groups in total. The van der Waals surface area contributed by atoms with Crippen molar-refractivity contribution in [2.45, 2.75) is 35.7 Å². The fourth-order valence-corrected chi connectivity index (χ4v) is 6.66. The molecule has 4 rings (SSSR count). The Morgan fingerprint density at radius 1 is 1.44 bits per heavy atom. The minimum Gasteiger partial charge on any atom is -0.477 e. The molecule has 2 aliphatic rings. The van der Waals surface area contributed by atoms with Gasteiger partial charge in [-0.2, -0.15) is 0 Å². The van der Waals surface area contributed by atoms with E-state index in [1.54, 1.807) is 24.7 Å². The first-order chi connectivity index (χ1) is 16.3. The maximum atomic E-state index is 13.0. The Morgan fingerprint density at radius 3 is 2.85 bits per heavy atom. The fourth-order valence-electron chi connectivity index (χ4n) is 3.14. The van der Waals surface area contributed by atoms with Crippen molar-refractivity contribution < 1.29 is 24.3 Å². The van der Waals surface area contributed by atoms with E-state index in [0.717, 1.165) is 11.3 Å². The van der Waals surface area contributed by atoms with Crippen molar-refractivity contribution in [2.75, 3.05) is 17.2 Å². The molecule has 1 unspecified atom stereocenters. The number of hydrogen-bond donors (Lipinski definition) is 3. The summed E-state index contributed by atoms with van der Waals surface area (Å²) in [5.74, 6) is -1.60. The van der Waals surface area contributed by atoms with Crippen molar-refractivity contribution >= 4 is 74.8 Å². The van der Waals surface area contributed by atoms with Gasteiger partial charge in [0.05, 0.1) is 0 Å². The van der Waals surface area contributed by atoms with E-state index in [-0.39, 0.29) is 28.3 Å². The summed E-state index contributed by atoms with van der Waals surface area (Å²) in [4.78, 5) is 48.4. The highest BCUT2D eigenvalue weighted by Gasteiger charge is 2.54. The van der Waals surface area contributed by atoms with E-state index >= 15 is 0 Å². The number of amides is 2. The molecular weight excluding hydrogens is 523 g/mol. The van der Waals surface area contributed by atoms with Gasteiger partial charge in [-0.25, -0.2) is 9.78 Å². The van der Waals surface area contributed by atoms with Gasteiger partial charge in [0.15, 0.2) is 15.2 Å². The Balaban J connectivity index is 1.50. The third-order valence-corrected chi connectivity index (χ3v) is 8.54. The van der Waals surface area contributed by atoms with E-state index in [9.17, 15) is 19.5 Å². The van der Waals surface area contributed by atoms with Crippen molar-refractivity contribution in [1.82, 2.24) is 25.4 Å². The molecule has 2 amide bonds. The number of carboxylic acids is 1. The van der Waals surface area contributed by atoms with Gasteiger partial charge in [-0.15, -0.1) is 33.3 Å². The lowest BCUT2D eigenvalue weighted by Gasteiger charge is -2.49. The van der Waals surface area contributed by atoms with Gasteiger partial charge in [0.25, 0.3) is 11.8 Å². The number of aromatic nitrogens is 3. The van der Waals surface area contributed by atoms with E-state index in [2.05, 4.69) is 25.7 Å². The van der Waals surface area contributed by atoms with Crippen LogP contribution in [0.4, 0.5) is 5.13 Å². The lowest BCUT2D eigenvalue weighted by molar-refractivity contribution is -0.150. The molecule has 34 heavy (non-hydrogen) atoms. The predicted octanol–water partition coefficient (Wildman–Crippen LogP) is 1.24. The summed E-state index contributed by atoms with van der Waals surface area (Å²) in [5, 5.41) is 25.3. The molecule has 0 bridgehead atoms. The summed E-state index contributed by atoms with van der Waals surface area (Å²) < 4.78 is 0.711. The summed E-state index contributed by atoms with van der Waals surface area (Å²) in [6, 6.07) is -0.913. The van der Waals surface area contributed by atoms with Crippen molar-refractivity contribution in [3.8, 4) is 0 Å². The second-order valence-electron chi connectivity index (χ2n) is 7.28. The number of anilines is 1. The van der Waals surface area contributed by atoms with Crippen LogP contribution in [-0.2, 0) is 19.2 Å². The van der Waals surface area contributed by atoms with Crippen molar-refractivity contribution in [3.05, 3.63) is 27.9 Å². The number of nitrogens with zero attached hydrogens (tertiary/aromatic N) is 5. The van der Waals surface area contributed by atoms with E-state index in [4.69, 9.17) is 10.6 Å². The van der Waals surface area contributed by atoms with Gasteiger partial charge >= 0.3 is 5.97 Å². The maximum absolute atomic E-state index is 13.0. The topological polar surface area (TPSA) is 173 Å². The average molecular weight is 542 g/mol. The quantitative estimate of drug-likeness (QED) is 0.180. The molecule has 0 spiro atoms. The third-order valence-electron chi connectivity index (χ3n) is 4.58. The van der Waals surface area contributed by atoms with Crippen LogP contribution in [0.3, 0.4) is 0 Å². The van der Waals surface area contributed by atoms with Crippen LogP contribution in [0.1, 0.15) is 19.5 Å². The van der Waals surface area contributed by atoms with Gasteiger partial charge in [-0.3, -0.25) is 14.5 Å². The Bertz CT molecular complexity index is 1160. The normalized spacial score (nSPS) is 20.3. The van der Waals surface area contributed by atoms with Gasteiger partial charge in [0, 0.05) is 16.9 Å². The molecule has 1 fully saturated rings. The molecule has 180 valence electrons. The molecule has 0 aliphatic carbocycles. The van der Waals surface area contributed by atoms with E-state index in [1.165, 1.54) is 39.8 Å². The summed E-state index contributed by atoms with van der Waals surface area (Å²) in [6.45, 7) is 3.50. The highest BCUT2D eigenvalue weighted by atomic mass is 32.2. The number of thiazole rings is 1. The van der Waals surface area contributed by atoms with Crippen LogP contribution in [0.5, 0.6) is 0 Å². The standard InChI is InChI=1S/C18H19N7O5S4/c1-7(2)30-24-10(9-5-32-17(19)21-9)13(26)22-11-14(27)25-12(16(28)29)8(3-31-15(11)25)4-33-18-23-20-6-34-18/h5-7,11,15H,3-4H2,1-2H3,(H2,19,21)(H,22,26)(H,28,29)/t11?,15-/m1/s1. The van der Waals surface area contributed by atoms with Gasteiger partial charge < -0.3 is 21.0 Å². The predicted molar refractivity (Wildman–Crippen MR) is 130 cm³/mol. The average Bonchev–Trinajstić information content (AvgIpc) is 3.47. The molecule has 2 aromatic rings. The summed E-state index contributed by atoms with van der Waals surface area (Å²) in [7, 11) is 0. The number of aliphatic carboxylic acids is 1. The monoisotopic (exact) mass is 541 g/mol. The minimum absolute atomic E-state index is 0.0550. The number of nitrogens with two attached hydrogens (primary N) is 1. The SMILES string of the molecule is CC(C)ON=C(C(=O)NC1C(=O)N2C(C(=O)O)=C(CSc3nncs3)CS[C@H]12)c1csc(N)n1. The first-order valence-electron chi connectivity index (χ1n) is 9.81. The van der Waals surface area contributed by atoms with Crippen LogP contribution >= 0.6 is 46.2 Å². The fraction of sp³-hybridized carbons (Fsp3) is 0.389. The lowest BCUT2D eigenvalue weighted by atomic mass is 10.0. The molecule has 2 aliphatic heterocycles. The number of fused-ring (bicyclic) bond motifs is 1. The third kappa shape index (κ3) is 5.03. The minimum atomic E-state index is -1.19. The maximum Gasteiger partial charge on any atom is 0.352 e. The zero-order valence-corrected chi connectivity index (χ0v) is 21.1. The van der Waals surface area contributed by atoms with Crippen LogP contribution in [0.2, 0.25) is 0 Å². The molecule has 2 atom stereocenters. The second-order valence-corrected chi connectivity index (χ2v) is 11.3. The summed E-state index contributed by atoms with van der Waals surface area (Å²) in [6.07, 6.45) is -0.284. The Morgan fingerprint density at radius 2 is 2.24 bits per heavy atom. The first kappa shape index (κ1) is 24.4. The molecule has 4 heterocycles. The summed E-state index contributed by atoms with van der Waals surface area (Å²) in [5.41, 5.74) is 7.94. The number of hydrogen-bond acceptors (Lipinski definition) is 13. The van der Waals surface area contributed by atoms with Crippen molar-refractivity contribution in [1.29, 1.82) is 0 Å². The number of β-lactam (4-membered cyclic amide) rings is 1. The van der Waals surface area contributed by atoms with E-state index in [1.807, 2.05) is 0 Å². The van der Waals surface area contributed by atoms with Crippen molar-refractivity contribution in [3.63, 3.8) is 0 Å². The van der Waals surface area contributed by atoms with Crippen LogP contribution in [0, 0.1) is 0 Å². The smallest absolute Gasteiger partial charge is 0.352 e. The Hall–Kier alpha value is -2.69. The Labute approximate surface area is 210 Å². The van der Waals surface area contributed by atoms with Crippen LogP contribution < -0.4 is 11.1 Å². The molecule has 0 saturated carbocycles. The second kappa shape index (κ2) is 10.3. The zero-order valence-electron chi connectivity index (χ0n) is 17.8. The molecule has 16 heteroatoms. The lowest BCUT2D eigenvalue weighted by Crippen LogP contribution is -2.71. The van der Waals surface area contributed by atoms with Crippen LogP contribution in [0.25, 0.3) is 0 Å². The number of nitrogen functional groups attached to an aromatic ring is 1. The number of carboxylic acid groups (broad SMARTS) is 1. The van der Waals surface area contributed by atoms with E-state index < -0.39 is 29.2 Å². The number of carbonyl (C=O) groups is 3. The summed E-state index contributed by atoms with van der Waals surface area (Å²) >= 11 is 5.24. The van der Waals surface area contributed by atoms with Crippen LogP contribution in [-0.4, -0.2) is 77.7 Å². The molecule has 1 saturated heterocycles. The number of oxime groups is 1. The Kier molecular flexibility index (Phi) is 7.39. The highest BCUT2D eigenvalue weighted by molar-refractivity contribution is 8.01. The van der Waals surface area contributed by atoms with Gasteiger partial charge in [-0.05, 0) is 19.4 Å². The molecule has 0 aromatic carbocycles. The van der Waals surface area contributed by atoms with Gasteiger partial charge in [0.2, 0.25) is 0 Å². The molecular formula is C18H19N7O5S4. The zero-order chi connectivity index (χ0) is 24.4. The molecule has 2 aromatic heterocycles. The number of carbonyl (C=O) groups excluding carboxylic acids is 2. The number of rotatable bonds is 9. The molecule has 12 nitrogen and oxygen atoms in total. The van der Waals surface area contributed by atoms with Gasteiger partial charge in [-0.1, -0.05) is 28.3 Å². The highest BCUT2D eigenvalue weighted by Crippen LogP contribution is 2.41. The molecule has 0 radical (unpaired) electrons. The largest absolute Gasteiger partial charge is 0.477 e. The van der Waals surface area contributed by atoms with Gasteiger partial charge in [0.1, 0.15) is 34.4 Å². The van der Waals surface area contributed by atoms with Crippen molar-refractivity contribution in [2.24, 2.45) is 5.16 Å². The first-order valence-corrected chi connectivity index (χ1v) is 13.6. The van der Waals surface area contributed by atoms with Crippen LogP contribution in [0.15, 0.2) is 31.7 Å². The number of thioether (sulfide) groups is 2. The number of nitrogens with one attached hydrogen (secondary N) is 1. The van der Waals surface area contributed by atoms with E-state index in [0.29, 0.717) is 21.4 Å².